The molecule has 0 aromatic rings. The first kappa shape index (κ1) is 14.2. The molecule has 2 rings (SSSR count). The van der Waals surface area contributed by atoms with Crippen molar-refractivity contribution in [3.63, 3.8) is 0 Å². The number of nitrogens with zero attached hydrogens (tertiary/aromatic N) is 1. The van der Waals surface area contributed by atoms with E-state index >= 15 is 0 Å². The number of ether oxygens (including phenoxy) is 4. The van der Waals surface area contributed by atoms with E-state index in [1.54, 1.807) is 14.2 Å². The summed E-state index contributed by atoms with van der Waals surface area (Å²) in [5.74, 6) is 0. The Balaban J connectivity index is 1.99. The third-order valence-corrected chi connectivity index (χ3v) is 4.18. The molecule has 0 spiro atoms. The molecule has 106 valence electrons. The van der Waals surface area contributed by atoms with Crippen LogP contribution in [0.15, 0.2) is 0 Å². The van der Waals surface area contributed by atoms with Crippen molar-refractivity contribution in [3.05, 3.63) is 0 Å². The standard InChI is InChI=1S/C13H25NO4/c1-14(10-4-6-17-7-5-10)11-8-18-9-12(15-2)13(11)16-3/h10-13H,4-9H2,1-3H3/t11-,12-,13+/m1/s1. The van der Waals surface area contributed by atoms with Crippen molar-refractivity contribution in [3.8, 4) is 0 Å². The Kier molecular flexibility index (Phi) is 5.38. The van der Waals surface area contributed by atoms with Gasteiger partial charge in [-0.2, -0.15) is 0 Å². The molecule has 0 aromatic heterocycles. The molecule has 2 saturated heterocycles. The van der Waals surface area contributed by atoms with E-state index in [1.165, 1.54) is 0 Å². The lowest BCUT2D eigenvalue weighted by Gasteiger charge is -2.44. The summed E-state index contributed by atoms with van der Waals surface area (Å²) in [5, 5.41) is 0. The van der Waals surface area contributed by atoms with Crippen molar-refractivity contribution < 1.29 is 18.9 Å². The van der Waals surface area contributed by atoms with Gasteiger partial charge < -0.3 is 18.9 Å². The van der Waals surface area contributed by atoms with Gasteiger partial charge in [0.25, 0.3) is 0 Å². The summed E-state index contributed by atoms with van der Waals surface area (Å²) in [4.78, 5) is 2.39. The van der Waals surface area contributed by atoms with Gasteiger partial charge in [0.1, 0.15) is 12.2 Å². The minimum Gasteiger partial charge on any atom is -0.381 e. The predicted molar refractivity (Wildman–Crippen MR) is 67.8 cm³/mol. The van der Waals surface area contributed by atoms with Crippen molar-refractivity contribution in [2.75, 3.05) is 47.7 Å². The normalized spacial score (nSPS) is 35.0. The topological polar surface area (TPSA) is 40.2 Å². The number of methoxy groups -OCH3 is 2. The zero-order valence-electron chi connectivity index (χ0n) is 11.6. The highest BCUT2D eigenvalue weighted by Gasteiger charge is 2.39. The molecule has 0 unspecified atom stereocenters. The molecule has 2 aliphatic rings. The maximum absolute atomic E-state index is 5.65. The number of hydrogen-bond acceptors (Lipinski definition) is 5. The van der Waals surface area contributed by atoms with E-state index in [-0.39, 0.29) is 18.2 Å². The van der Waals surface area contributed by atoms with E-state index in [0.717, 1.165) is 26.1 Å². The number of rotatable bonds is 4. The average molecular weight is 259 g/mol. The SMILES string of the molecule is CO[C@H]1[C@H](N(C)C2CCOCC2)COC[C@H]1OC. The highest BCUT2D eigenvalue weighted by Crippen LogP contribution is 2.23. The van der Waals surface area contributed by atoms with Crippen molar-refractivity contribution in [2.45, 2.75) is 37.1 Å². The maximum atomic E-state index is 5.65. The third-order valence-electron chi connectivity index (χ3n) is 4.18. The first-order valence-electron chi connectivity index (χ1n) is 6.71. The zero-order chi connectivity index (χ0) is 13.0. The second-order valence-electron chi connectivity index (χ2n) is 5.09. The fourth-order valence-corrected chi connectivity index (χ4v) is 2.97. The van der Waals surface area contributed by atoms with Crippen molar-refractivity contribution in [1.29, 1.82) is 0 Å². The molecule has 0 aliphatic carbocycles. The second-order valence-corrected chi connectivity index (χ2v) is 5.09. The lowest BCUT2D eigenvalue weighted by atomic mass is 9.98. The van der Waals surface area contributed by atoms with E-state index < -0.39 is 0 Å². The maximum Gasteiger partial charge on any atom is 0.108 e. The molecule has 5 nitrogen and oxygen atoms in total. The number of hydrogen-bond donors (Lipinski definition) is 0. The van der Waals surface area contributed by atoms with Crippen molar-refractivity contribution >= 4 is 0 Å². The molecule has 2 fully saturated rings. The van der Waals surface area contributed by atoms with E-state index in [2.05, 4.69) is 11.9 Å². The van der Waals surface area contributed by atoms with Gasteiger partial charge in [-0.15, -0.1) is 0 Å². The molecule has 5 heteroatoms. The quantitative estimate of drug-likeness (QED) is 0.736. The van der Waals surface area contributed by atoms with E-state index in [1.807, 2.05) is 0 Å². The second kappa shape index (κ2) is 6.82. The van der Waals surface area contributed by atoms with Crippen LogP contribution in [0.25, 0.3) is 0 Å². The Morgan fingerprint density at radius 1 is 1.00 bits per heavy atom. The van der Waals surface area contributed by atoms with Crippen LogP contribution in [-0.4, -0.2) is 76.9 Å². The highest BCUT2D eigenvalue weighted by atomic mass is 16.6. The number of likely N-dealkylation sites (N-methyl/N-ethyl adjacent to an activating group) is 1. The summed E-state index contributed by atoms with van der Waals surface area (Å²) in [6.07, 6.45) is 2.27. The van der Waals surface area contributed by atoms with Crippen LogP contribution < -0.4 is 0 Å². The van der Waals surface area contributed by atoms with Crippen LogP contribution in [0.3, 0.4) is 0 Å². The summed E-state index contributed by atoms with van der Waals surface area (Å²) in [6, 6.07) is 0.817. The predicted octanol–water partition coefficient (Wildman–Crippen LogP) is 0.526. The molecule has 0 bridgehead atoms. The molecule has 0 aromatic carbocycles. The Labute approximate surface area is 109 Å². The summed E-state index contributed by atoms with van der Waals surface area (Å²) < 4.78 is 22.2. The molecule has 0 N–H and O–H groups in total. The van der Waals surface area contributed by atoms with Gasteiger partial charge in [-0.05, 0) is 19.9 Å². The van der Waals surface area contributed by atoms with Crippen LogP contribution in [0.2, 0.25) is 0 Å². The van der Waals surface area contributed by atoms with Gasteiger partial charge in [-0.25, -0.2) is 0 Å². The van der Waals surface area contributed by atoms with Gasteiger partial charge in [0, 0.05) is 33.5 Å². The smallest absolute Gasteiger partial charge is 0.108 e. The molecule has 0 amide bonds. The van der Waals surface area contributed by atoms with Crippen LogP contribution >= 0.6 is 0 Å². The van der Waals surface area contributed by atoms with E-state index in [4.69, 9.17) is 18.9 Å². The lowest BCUT2D eigenvalue weighted by molar-refractivity contribution is -0.160. The van der Waals surface area contributed by atoms with Crippen molar-refractivity contribution in [2.24, 2.45) is 0 Å². The molecule has 18 heavy (non-hydrogen) atoms. The minimum atomic E-state index is 0.0241. The highest BCUT2D eigenvalue weighted by molar-refractivity contribution is 4.91. The van der Waals surface area contributed by atoms with Crippen LogP contribution in [0, 0.1) is 0 Å². The molecule has 0 saturated carbocycles. The van der Waals surface area contributed by atoms with Gasteiger partial charge >= 0.3 is 0 Å². The molecule has 2 aliphatic heterocycles. The Bertz CT molecular complexity index is 245. The van der Waals surface area contributed by atoms with Gasteiger partial charge in [0.2, 0.25) is 0 Å². The zero-order valence-corrected chi connectivity index (χ0v) is 11.6. The van der Waals surface area contributed by atoms with Crippen LogP contribution in [0.5, 0.6) is 0 Å². The Morgan fingerprint density at radius 3 is 2.33 bits per heavy atom. The molecule has 3 atom stereocenters. The fourth-order valence-electron chi connectivity index (χ4n) is 2.97. The van der Waals surface area contributed by atoms with Gasteiger partial charge in [-0.1, -0.05) is 0 Å². The van der Waals surface area contributed by atoms with Crippen LogP contribution in [0.1, 0.15) is 12.8 Å². The molecular formula is C13H25NO4. The third kappa shape index (κ3) is 3.03. The Hall–Kier alpha value is -0.200. The summed E-state index contributed by atoms with van der Waals surface area (Å²) in [7, 11) is 5.64. The molecule has 2 heterocycles. The van der Waals surface area contributed by atoms with E-state index in [0.29, 0.717) is 19.3 Å². The van der Waals surface area contributed by atoms with Crippen LogP contribution in [0.4, 0.5) is 0 Å². The largest absolute Gasteiger partial charge is 0.381 e. The monoisotopic (exact) mass is 259 g/mol. The fraction of sp³-hybridized carbons (Fsp3) is 1.00. The minimum absolute atomic E-state index is 0.0241. The summed E-state index contributed by atoms with van der Waals surface area (Å²) in [6.45, 7) is 3.04. The first-order valence-corrected chi connectivity index (χ1v) is 6.71. The molecule has 0 radical (unpaired) electrons. The van der Waals surface area contributed by atoms with Gasteiger partial charge in [0.15, 0.2) is 0 Å². The Morgan fingerprint density at radius 2 is 1.72 bits per heavy atom. The van der Waals surface area contributed by atoms with Gasteiger partial charge in [0.05, 0.1) is 19.3 Å². The van der Waals surface area contributed by atoms with E-state index in [9.17, 15) is 0 Å². The van der Waals surface area contributed by atoms with Gasteiger partial charge in [-0.3, -0.25) is 4.90 Å². The van der Waals surface area contributed by atoms with Crippen LogP contribution in [-0.2, 0) is 18.9 Å². The summed E-state index contributed by atoms with van der Waals surface area (Å²) in [5.41, 5.74) is 0. The lowest BCUT2D eigenvalue weighted by Crippen LogP contribution is -2.59. The molecular weight excluding hydrogens is 234 g/mol. The van der Waals surface area contributed by atoms with Crippen molar-refractivity contribution in [1.82, 2.24) is 4.90 Å². The average Bonchev–Trinajstić information content (AvgIpc) is 2.46. The summed E-state index contributed by atoms with van der Waals surface area (Å²) >= 11 is 0. The first-order chi connectivity index (χ1) is 8.77.